The molecule has 2 aromatic rings. The number of nitrogens with zero attached hydrogens (tertiary/aromatic N) is 5. The number of nitriles is 1. The highest BCUT2D eigenvalue weighted by Crippen LogP contribution is 2.06. The lowest BCUT2D eigenvalue weighted by atomic mass is 10.4. The fraction of sp³-hybridized carbons (Fsp3) is 0.273. The second kappa shape index (κ2) is 5.14. The monoisotopic (exact) mass is 244 g/mol. The Labute approximate surface area is 104 Å². The van der Waals surface area contributed by atoms with E-state index < -0.39 is 0 Å². The van der Waals surface area contributed by atoms with Gasteiger partial charge >= 0.3 is 0 Å². The molecular weight excluding hydrogens is 232 g/mol. The maximum Gasteiger partial charge on any atom is 0.275 e. The Hall–Kier alpha value is -2.62. The van der Waals surface area contributed by atoms with Gasteiger partial charge in [0, 0.05) is 25.0 Å². The molecule has 2 heterocycles. The number of rotatable bonds is 4. The quantitative estimate of drug-likeness (QED) is 0.864. The SMILES string of the molecule is CCn1nccc1C(=O)Nc1ccn(CC#N)n1. The molecule has 18 heavy (non-hydrogen) atoms. The van der Waals surface area contributed by atoms with E-state index in [2.05, 4.69) is 15.5 Å². The zero-order chi connectivity index (χ0) is 13.0. The Morgan fingerprint density at radius 1 is 1.56 bits per heavy atom. The third kappa shape index (κ3) is 2.38. The number of nitrogens with one attached hydrogen (secondary N) is 1. The third-order valence-corrected chi connectivity index (χ3v) is 2.36. The maximum absolute atomic E-state index is 11.9. The molecule has 0 radical (unpaired) electrons. The molecule has 0 aliphatic carbocycles. The summed E-state index contributed by atoms with van der Waals surface area (Å²) in [7, 11) is 0. The van der Waals surface area contributed by atoms with E-state index in [4.69, 9.17) is 5.26 Å². The normalized spacial score (nSPS) is 10.0. The van der Waals surface area contributed by atoms with Gasteiger partial charge in [-0.05, 0) is 13.0 Å². The summed E-state index contributed by atoms with van der Waals surface area (Å²) >= 11 is 0. The van der Waals surface area contributed by atoms with Gasteiger partial charge < -0.3 is 5.32 Å². The van der Waals surface area contributed by atoms with E-state index in [1.807, 2.05) is 13.0 Å². The minimum absolute atomic E-state index is 0.156. The summed E-state index contributed by atoms with van der Waals surface area (Å²) in [6, 6.07) is 5.25. The fourth-order valence-corrected chi connectivity index (χ4v) is 1.55. The van der Waals surface area contributed by atoms with Crippen molar-refractivity contribution in [1.29, 1.82) is 5.26 Å². The molecule has 1 N–H and O–H groups in total. The van der Waals surface area contributed by atoms with Crippen LogP contribution in [0.3, 0.4) is 0 Å². The smallest absolute Gasteiger partial charge is 0.275 e. The van der Waals surface area contributed by atoms with E-state index in [1.165, 1.54) is 4.68 Å². The molecule has 0 saturated carbocycles. The van der Waals surface area contributed by atoms with Gasteiger partial charge in [-0.15, -0.1) is 0 Å². The van der Waals surface area contributed by atoms with Crippen molar-refractivity contribution in [3.05, 3.63) is 30.2 Å². The van der Waals surface area contributed by atoms with Crippen molar-refractivity contribution < 1.29 is 4.79 Å². The van der Waals surface area contributed by atoms with Gasteiger partial charge in [0.1, 0.15) is 12.2 Å². The van der Waals surface area contributed by atoms with Crippen LogP contribution in [0, 0.1) is 11.3 Å². The van der Waals surface area contributed by atoms with E-state index in [0.29, 0.717) is 18.1 Å². The lowest BCUT2D eigenvalue weighted by molar-refractivity contribution is 0.101. The zero-order valence-corrected chi connectivity index (χ0v) is 9.87. The van der Waals surface area contributed by atoms with E-state index in [0.717, 1.165) is 0 Å². The molecule has 0 atom stereocenters. The number of amides is 1. The molecule has 0 aliphatic heterocycles. The first kappa shape index (κ1) is 11.9. The Kier molecular flexibility index (Phi) is 3.38. The summed E-state index contributed by atoms with van der Waals surface area (Å²) < 4.78 is 3.05. The van der Waals surface area contributed by atoms with Crippen molar-refractivity contribution in [2.45, 2.75) is 20.0 Å². The number of aryl methyl sites for hydroxylation is 1. The molecular formula is C11H12N6O. The van der Waals surface area contributed by atoms with Gasteiger partial charge in [0.25, 0.3) is 5.91 Å². The minimum atomic E-state index is -0.267. The highest BCUT2D eigenvalue weighted by atomic mass is 16.2. The van der Waals surface area contributed by atoms with Crippen LogP contribution in [0.5, 0.6) is 0 Å². The van der Waals surface area contributed by atoms with Gasteiger partial charge in [-0.3, -0.25) is 14.2 Å². The summed E-state index contributed by atoms with van der Waals surface area (Å²) in [6.45, 7) is 2.69. The molecule has 7 heteroatoms. The summed E-state index contributed by atoms with van der Waals surface area (Å²) in [4.78, 5) is 11.9. The number of aromatic nitrogens is 4. The van der Waals surface area contributed by atoms with Gasteiger partial charge in [0.05, 0.1) is 6.07 Å². The molecule has 0 spiro atoms. The summed E-state index contributed by atoms with van der Waals surface area (Å²) in [5, 5.41) is 19.2. The van der Waals surface area contributed by atoms with Crippen LogP contribution in [0.4, 0.5) is 5.82 Å². The van der Waals surface area contributed by atoms with Crippen LogP contribution in [0.25, 0.3) is 0 Å². The van der Waals surface area contributed by atoms with Crippen LogP contribution in [-0.2, 0) is 13.1 Å². The van der Waals surface area contributed by atoms with Gasteiger partial charge in [0.2, 0.25) is 0 Å². The van der Waals surface area contributed by atoms with Crippen LogP contribution < -0.4 is 5.32 Å². The average Bonchev–Trinajstić information content (AvgIpc) is 2.98. The van der Waals surface area contributed by atoms with E-state index in [9.17, 15) is 4.79 Å². The van der Waals surface area contributed by atoms with Crippen LogP contribution in [-0.4, -0.2) is 25.5 Å². The van der Waals surface area contributed by atoms with Gasteiger partial charge in [-0.2, -0.15) is 15.5 Å². The van der Waals surface area contributed by atoms with Crippen molar-refractivity contribution in [3.63, 3.8) is 0 Å². The fourth-order valence-electron chi connectivity index (χ4n) is 1.55. The lowest BCUT2D eigenvalue weighted by Gasteiger charge is -2.03. The number of carbonyl (C=O) groups excluding carboxylic acids is 1. The summed E-state index contributed by atoms with van der Waals surface area (Å²) in [5.74, 6) is 0.149. The molecule has 2 rings (SSSR count). The van der Waals surface area contributed by atoms with Crippen molar-refractivity contribution in [2.75, 3.05) is 5.32 Å². The van der Waals surface area contributed by atoms with E-state index >= 15 is 0 Å². The highest BCUT2D eigenvalue weighted by Gasteiger charge is 2.12. The van der Waals surface area contributed by atoms with Crippen molar-refractivity contribution >= 4 is 11.7 Å². The highest BCUT2D eigenvalue weighted by molar-refractivity contribution is 6.02. The largest absolute Gasteiger partial charge is 0.304 e. The summed E-state index contributed by atoms with van der Waals surface area (Å²) in [6.07, 6.45) is 3.21. The molecule has 2 aromatic heterocycles. The Morgan fingerprint density at radius 2 is 2.39 bits per heavy atom. The van der Waals surface area contributed by atoms with Crippen molar-refractivity contribution in [3.8, 4) is 6.07 Å². The second-order valence-corrected chi connectivity index (χ2v) is 3.54. The zero-order valence-electron chi connectivity index (χ0n) is 9.87. The molecule has 0 bridgehead atoms. The third-order valence-electron chi connectivity index (χ3n) is 2.36. The maximum atomic E-state index is 11.9. The van der Waals surface area contributed by atoms with Gasteiger partial charge in [-0.1, -0.05) is 0 Å². The molecule has 0 unspecified atom stereocenters. The molecule has 0 aliphatic rings. The van der Waals surface area contributed by atoms with Crippen LogP contribution in [0.15, 0.2) is 24.5 Å². The van der Waals surface area contributed by atoms with Crippen LogP contribution in [0.2, 0.25) is 0 Å². The number of hydrogen-bond acceptors (Lipinski definition) is 4. The van der Waals surface area contributed by atoms with Crippen LogP contribution >= 0.6 is 0 Å². The minimum Gasteiger partial charge on any atom is -0.304 e. The number of hydrogen-bond donors (Lipinski definition) is 1. The Morgan fingerprint density at radius 3 is 3.11 bits per heavy atom. The van der Waals surface area contributed by atoms with E-state index in [-0.39, 0.29) is 12.5 Å². The van der Waals surface area contributed by atoms with Crippen LogP contribution in [0.1, 0.15) is 17.4 Å². The predicted molar refractivity (Wildman–Crippen MR) is 63.7 cm³/mol. The average molecular weight is 244 g/mol. The number of anilines is 1. The van der Waals surface area contributed by atoms with Gasteiger partial charge in [0.15, 0.2) is 5.82 Å². The van der Waals surface area contributed by atoms with Gasteiger partial charge in [-0.25, -0.2) is 0 Å². The first-order chi connectivity index (χ1) is 8.74. The molecule has 0 aromatic carbocycles. The van der Waals surface area contributed by atoms with Crippen molar-refractivity contribution in [2.24, 2.45) is 0 Å². The summed E-state index contributed by atoms with van der Waals surface area (Å²) in [5.41, 5.74) is 0.479. The first-order valence-corrected chi connectivity index (χ1v) is 5.48. The Bertz CT molecular complexity index is 591. The lowest BCUT2D eigenvalue weighted by Crippen LogP contribution is -2.17. The second-order valence-electron chi connectivity index (χ2n) is 3.54. The predicted octanol–water partition coefficient (Wildman–Crippen LogP) is 0.875. The first-order valence-electron chi connectivity index (χ1n) is 5.48. The van der Waals surface area contributed by atoms with E-state index in [1.54, 1.807) is 29.2 Å². The molecule has 1 amide bonds. The molecule has 0 fully saturated rings. The topological polar surface area (TPSA) is 88.5 Å². The standard InChI is InChI=1S/C11H12N6O/c1-2-17-9(3-6-13-17)11(18)14-10-4-7-16(15-10)8-5-12/h3-4,6-7H,2,8H2,1H3,(H,14,15,18). The Balaban J connectivity index is 2.09. The molecule has 92 valence electrons. The van der Waals surface area contributed by atoms with Crippen molar-refractivity contribution in [1.82, 2.24) is 19.6 Å². The molecule has 7 nitrogen and oxygen atoms in total. The molecule has 0 saturated heterocycles. The number of carbonyl (C=O) groups is 1.